The van der Waals surface area contributed by atoms with E-state index in [4.69, 9.17) is 5.73 Å². The molecule has 7 nitrogen and oxygen atoms in total. The van der Waals surface area contributed by atoms with E-state index in [0.29, 0.717) is 11.3 Å². The lowest BCUT2D eigenvalue weighted by molar-refractivity contribution is -0.252. The van der Waals surface area contributed by atoms with Gasteiger partial charge >= 0.3 is 6.18 Å². The maximum Gasteiger partial charge on any atom is 0.415 e. The molecule has 2 unspecified atom stereocenters. The summed E-state index contributed by atoms with van der Waals surface area (Å²) in [5.74, 6) is -0.947. The Morgan fingerprint density at radius 3 is 2.52 bits per heavy atom. The summed E-state index contributed by atoms with van der Waals surface area (Å²) in [6, 6.07) is -0.376. The van der Waals surface area contributed by atoms with E-state index in [1.165, 1.54) is 11.1 Å². The monoisotopic (exact) mass is 406 g/mol. The van der Waals surface area contributed by atoms with Gasteiger partial charge < -0.3 is 20.6 Å². The van der Waals surface area contributed by atoms with Gasteiger partial charge in [-0.25, -0.2) is 4.98 Å². The summed E-state index contributed by atoms with van der Waals surface area (Å²) in [7, 11) is 0. The standard InChI is InChI=1S/C16H21F3N4O3S/c1-9-8-22(5-6-23(9)11(24)10-7-21-14(20)27-10)13(26)15(3-2-4-15)12(25)16(17,18)19/h7,9,12,25H,2-6,8H2,1H3,(H2,20,21). The van der Waals surface area contributed by atoms with Crippen LogP contribution in [0.4, 0.5) is 18.3 Å². The number of nitrogens with two attached hydrogens (primary N) is 1. The summed E-state index contributed by atoms with van der Waals surface area (Å²) in [6.07, 6.45) is -5.62. The number of thiazole rings is 1. The average molecular weight is 406 g/mol. The van der Waals surface area contributed by atoms with Gasteiger partial charge in [0.15, 0.2) is 11.2 Å². The molecule has 2 heterocycles. The van der Waals surface area contributed by atoms with Gasteiger partial charge in [-0.05, 0) is 19.8 Å². The number of aliphatic hydroxyl groups excluding tert-OH is 1. The lowest BCUT2D eigenvalue weighted by atomic mass is 9.63. The second-order valence-electron chi connectivity index (χ2n) is 7.12. The number of carbonyl (C=O) groups excluding carboxylic acids is 2. The maximum atomic E-state index is 13.0. The van der Waals surface area contributed by atoms with Crippen LogP contribution in [0.5, 0.6) is 0 Å². The van der Waals surface area contributed by atoms with Crippen molar-refractivity contribution in [1.82, 2.24) is 14.8 Å². The highest BCUT2D eigenvalue weighted by molar-refractivity contribution is 7.17. The van der Waals surface area contributed by atoms with Crippen LogP contribution in [0.3, 0.4) is 0 Å². The van der Waals surface area contributed by atoms with E-state index in [1.807, 2.05) is 0 Å². The number of amides is 2. The molecule has 3 rings (SSSR count). The van der Waals surface area contributed by atoms with Crippen molar-refractivity contribution in [1.29, 1.82) is 0 Å². The fraction of sp³-hybridized carbons (Fsp3) is 0.688. The average Bonchev–Trinajstić information content (AvgIpc) is 2.98. The number of aromatic nitrogens is 1. The van der Waals surface area contributed by atoms with Crippen molar-refractivity contribution in [2.75, 3.05) is 25.4 Å². The highest BCUT2D eigenvalue weighted by Gasteiger charge is 2.61. The predicted octanol–water partition coefficient (Wildman–Crippen LogP) is 1.49. The second kappa shape index (κ2) is 6.93. The van der Waals surface area contributed by atoms with E-state index >= 15 is 0 Å². The summed E-state index contributed by atoms with van der Waals surface area (Å²) < 4.78 is 39.1. The molecule has 1 aromatic heterocycles. The highest BCUT2D eigenvalue weighted by atomic mass is 32.1. The van der Waals surface area contributed by atoms with Gasteiger partial charge in [-0.15, -0.1) is 0 Å². The van der Waals surface area contributed by atoms with Crippen LogP contribution in [0.15, 0.2) is 6.20 Å². The van der Waals surface area contributed by atoms with E-state index in [1.54, 1.807) is 11.8 Å². The van der Waals surface area contributed by atoms with Crippen molar-refractivity contribution in [3.63, 3.8) is 0 Å². The molecule has 1 aliphatic carbocycles. The Hall–Kier alpha value is -1.88. The Morgan fingerprint density at radius 2 is 2.07 bits per heavy atom. The third-order valence-electron chi connectivity index (χ3n) is 5.42. The molecule has 0 bridgehead atoms. The van der Waals surface area contributed by atoms with Gasteiger partial charge in [0.2, 0.25) is 5.91 Å². The van der Waals surface area contributed by atoms with Gasteiger partial charge in [0.25, 0.3) is 5.91 Å². The summed E-state index contributed by atoms with van der Waals surface area (Å²) in [5.41, 5.74) is 3.75. The third-order valence-corrected chi connectivity index (χ3v) is 6.23. The van der Waals surface area contributed by atoms with Crippen LogP contribution in [-0.2, 0) is 4.79 Å². The van der Waals surface area contributed by atoms with E-state index in [-0.39, 0.29) is 49.6 Å². The van der Waals surface area contributed by atoms with Crippen LogP contribution in [-0.4, -0.2) is 69.7 Å². The van der Waals surface area contributed by atoms with Gasteiger partial charge in [0.05, 0.1) is 11.6 Å². The third kappa shape index (κ3) is 3.49. The fourth-order valence-corrected chi connectivity index (χ4v) is 4.40. The number of hydrogen-bond acceptors (Lipinski definition) is 6. The molecule has 11 heteroatoms. The predicted molar refractivity (Wildman–Crippen MR) is 92.0 cm³/mol. The summed E-state index contributed by atoms with van der Waals surface area (Å²) >= 11 is 1.06. The summed E-state index contributed by atoms with van der Waals surface area (Å²) in [5, 5.41) is 10.0. The maximum absolute atomic E-state index is 13.0. The molecule has 2 atom stereocenters. The van der Waals surface area contributed by atoms with E-state index in [9.17, 15) is 27.9 Å². The van der Waals surface area contributed by atoms with Crippen LogP contribution in [0.25, 0.3) is 0 Å². The fourth-order valence-electron chi connectivity index (χ4n) is 3.76. The Labute approximate surface area is 157 Å². The number of rotatable bonds is 3. The normalized spacial score (nSPS) is 23.7. The first kappa shape index (κ1) is 19.9. The molecular weight excluding hydrogens is 385 g/mol. The van der Waals surface area contributed by atoms with Crippen LogP contribution in [0.2, 0.25) is 0 Å². The van der Waals surface area contributed by atoms with Crippen molar-refractivity contribution in [3.05, 3.63) is 11.1 Å². The molecule has 0 aromatic carbocycles. The van der Waals surface area contributed by atoms with Gasteiger partial charge in [-0.3, -0.25) is 9.59 Å². The van der Waals surface area contributed by atoms with Gasteiger partial charge in [-0.2, -0.15) is 13.2 Å². The molecule has 3 N–H and O–H groups in total. The number of piperazine rings is 1. The van der Waals surface area contributed by atoms with Crippen LogP contribution in [0, 0.1) is 5.41 Å². The Morgan fingerprint density at radius 1 is 1.41 bits per heavy atom. The second-order valence-corrected chi connectivity index (χ2v) is 8.18. The van der Waals surface area contributed by atoms with Crippen molar-refractivity contribution in [2.45, 2.75) is 44.5 Å². The topological polar surface area (TPSA) is 99.8 Å². The number of carbonyl (C=O) groups is 2. The van der Waals surface area contributed by atoms with Gasteiger partial charge in [0, 0.05) is 25.7 Å². The van der Waals surface area contributed by atoms with E-state index < -0.39 is 23.6 Å². The molecule has 150 valence electrons. The summed E-state index contributed by atoms with van der Waals surface area (Å²) in [6.45, 7) is 2.16. The molecule has 1 aromatic rings. The molecular formula is C16H21F3N4O3S. The Kier molecular flexibility index (Phi) is 5.10. The largest absolute Gasteiger partial charge is 0.415 e. The van der Waals surface area contributed by atoms with E-state index in [2.05, 4.69) is 4.98 Å². The zero-order chi connectivity index (χ0) is 20.0. The first-order chi connectivity index (χ1) is 12.6. The van der Waals surface area contributed by atoms with Crippen molar-refractivity contribution < 1.29 is 27.9 Å². The Bertz CT molecular complexity index is 735. The molecule has 1 aliphatic heterocycles. The Balaban J connectivity index is 1.70. The highest BCUT2D eigenvalue weighted by Crippen LogP contribution is 2.50. The smallest absolute Gasteiger partial charge is 0.383 e. The lowest BCUT2D eigenvalue weighted by Gasteiger charge is -2.49. The van der Waals surface area contributed by atoms with Crippen molar-refractivity contribution in [3.8, 4) is 0 Å². The summed E-state index contributed by atoms with van der Waals surface area (Å²) in [4.78, 5) is 32.5. The number of nitrogens with zero attached hydrogens (tertiary/aromatic N) is 3. The molecule has 1 saturated carbocycles. The van der Waals surface area contributed by atoms with Crippen molar-refractivity contribution >= 4 is 28.3 Å². The van der Waals surface area contributed by atoms with Crippen molar-refractivity contribution in [2.24, 2.45) is 5.41 Å². The minimum absolute atomic E-state index is 0.0141. The molecule has 0 radical (unpaired) electrons. The van der Waals surface area contributed by atoms with Crippen LogP contribution >= 0.6 is 11.3 Å². The first-order valence-electron chi connectivity index (χ1n) is 8.62. The lowest BCUT2D eigenvalue weighted by Crippen LogP contribution is -2.63. The molecule has 2 amide bonds. The molecule has 2 aliphatic rings. The van der Waals surface area contributed by atoms with Crippen LogP contribution in [0.1, 0.15) is 35.9 Å². The molecule has 1 saturated heterocycles. The van der Waals surface area contributed by atoms with Crippen LogP contribution < -0.4 is 5.73 Å². The zero-order valence-electron chi connectivity index (χ0n) is 14.7. The number of alkyl halides is 3. The number of aliphatic hydroxyl groups is 1. The minimum Gasteiger partial charge on any atom is -0.383 e. The number of halogens is 3. The zero-order valence-corrected chi connectivity index (χ0v) is 15.5. The molecule has 2 fully saturated rings. The number of nitrogen functional groups attached to an aromatic ring is 1. The van der Waals surface area contributed by atoms with Gasteiger partial charge in [0.1, 0.15) is 4.88 Å². The first-order valence-corrected chi connectivity index (χ1v) is 9.44. The molecule has 0 spiro atoms. The number of hydrogen-bond donors (Lipinski definition) is 2. The molecule has 27 heavy (non-hydrogen) atoms. The van der Waals surface area contributed by atoms with E-state index in [0.717, 1.165) is 11.3 Å². The SMILES string of the molecule is CC1CN(C(=O)C2(C(O)C(F)(F)F)CCC2)CCN1C(=O)c1cnc(N)s1. The minimum atomic E-state index is -4.84. The van der Waals surface area contributed by atoms with Gasteiger partial charge in [-0.1, -0.05) is 17.8 Å². The quantitative estimate of drug-likeness (QED) is 0.792. The number of anilines is 1.